The van der Waals surface area contributed by atoms with E-state index in [1.54, 1.807) is 7.11 Å². The number of rotatable bonds is 6. The first-order chi connectivity index (χ1) is 8.20. The van der Waals surface area contributed by atoms with Gasteiger partial charge in [0, 0.05) is 33.9 Å². The summed E-state index contributed by atoms with van der Waals surface area (Å²) in [6, 6.07) is 0. The molecule has 0 unspecified atom stereocenters. The quantitative estimate of drug-likeness (QED) is 0.327. The van der Waals surface area contributed by atoms with Crippen molar-refractivity contribution in [3.63, 3.8) is 0 Å². The van der Waals surface area contributed by atoms with E-state index < -0.39 is 0 Å². The zero-order chi connectivity index (χ0) is 12.6. The van der Waals surface area contributed by atoms with Gasteiger partial charge in [-0.15, -0.1) is 24.0 Å². The smallest absolute Gasteiger partial charge is 0.190 e. The van der Waals surface area contributed by atoms with Crippen molar-refractivity contribution < 1.29 is 4.74 Å². The molecule has 1 saturated carbocycles. The Bertz CT molecular complexity index is 240. The van der Waals surface area contributed by atoms with Crippen molar-refractivity contribution in [2.24, 2.45) is 10.4 Å². The lowest BCUT2D eigenvalue weighted by molar-refractivity contribution is 0.195. The van der Waals surface area contributed by atoms with Gasteiger partial charge in [0.2, 0.25) is 0 Å². The third-order valence-electron chi connectivity index (χ3n) is 3.53. The van der Waals surface area contributed by atoms with Gasteiger partial charge in [0.1, 0.15) is 0 Å². The zero-order valence-corrected chi connectivity index (χ0v) is 14.3. The molecule has 18 heavy (non-hydrogen) atoms. The van der Waals surface area contributed by atoms with Crippen molar-refractivity contribution in [3.8, 4) is 0 Å². The number of hydrogen-bond donors (Lipinski definition) is 2. The molecule has 5 heteroatoms. The molecule has 1 fully saturated rings. The standard InChI is InChI=1S/C13H27N3O.HI/c1-13(7-4-5-8-13)11-16-12(14-2)15-9-6-10-17-3;/h4-11H2,1-3H3,(H2,14,15,16);1H. The molecular weight excluding hydrogens is 341 g/mol. The van der Waals surface area contributed by atoms with Crippen molar-refractivity contribution in [3.05, 3.63) is 0 Å². The van der Waals surface area contributed by atoms with Gasteiger partial charge < -0.3 is 15.4 Å². The molecule has 0 spiro atoms. The summed E-state index contributed by atoms with van der Waals surface area (Å²) in [5.74, 6) is 0.911. The molecule has 0 aromatic heterocycles. The molecule has 0 heterocycles. The normalized spacial score (nSPS) is 18.3. The maximum absolute atomic E-state index is 5.01. The monoisotopic (exact) mass is 369 g/mol. The molecule has 0 radical (unpaired) electrons. The van der Waals surface area contributed by atoms with Crippen LogP contribution in [0.25, 0.3) is 0 Å². The third-order valence-corrected chi connectivity index (χ3v) is 3.53. The largest absolute Gasteiger partial charge is 0.385 e. The number of nitrogens with zero attached hydrogens (tertiary/aromatic N) is 1. The van der Waals surface area contributed by atoms with Crippen molar-refractivity contribution in [2.45, 2.75) is 39.0 Å². The van der Waals surface area contributed by atoms with Crippen molar-refractivity contribution in [1.82, 2.24) is 10.6 Å². The lowest BCUT2D eigenvalue weighted by Gasteiger charge is -2.25. The zero-order valence-electron chi connectivity index (χ0n) is 11.9. The number of nitrogens with one attached hydrogen (secondary N) is 2. The molecule has 0 amide bonds. The van der Waals surface area contributed by atoms with E-state index in [0.29, 0.717) is 5.41 Å². The lowest BCUT2D eigenvalue weighted by Crippen LogP contribution is -2.42. The van der Waals surface area contributed by atoms with Crippen molar-refractivity contribution >= 4 is 29.9 Å². The minimum absolute atomic E-state index is 0. The molecule has 1 rings (SSSR count). The summed E-state index contributed by atoms with van der Waals surface area (Å²) >= 11 is 0. The first kappa shape index (κ1) is 18.0. The van der Waals surface area contributed by atoms with Gasteiger partial charge in [-0.1, -0.05) is 19.8 Å². The fraction of sp³-hybridized carbons (Fsp3) is 0.923. The summed E-state index contributed by atoms with van der Waals surface area (Å²) in [5.41, 5.74) is 0.462. The molecule has 0 aliphatic heterocycles. The molecule has 0 bridgehead atoms. The van der Waals surface area contributed by atoms with E-state index in [1.807, 2.05) is 7.05 Å². The van der Waals surface area contributed by atoms with E-state index in [4.69, 9.17) is 4.74 Å². The Morgan fingerprint density at radius 2 is 1.94 bits per heavy atom. The van der Waals surface area contributed by atoms with E-state index in [9.17, 15) is 0 Å². The minimum Gasteiger partial charge on any atom is -0.385 e. The predicted molar refractivity (Wildman–Crippen MR) is 87.8 cm³/mol. The molecule has 0 aromatic carbocycles. The summed E-state index contributed by atoms with van der Waals surface area (Å²) in [5, 5.41) is 6.73. The van der Waals surface area contributed by atoms with Gasteiger partial charge in [-0.3, -0.25) is 4.99 Å². The van der Waals surface area contributed by atoms with Crippen LogP contribution in [-0.2, 0) is 4.74 Å². The second kappa shape index (κ2) is 9.83. The van der Waals surface area contributed by atoms with Crippen LogP contribution in [0.3, 0.4) is 0 Å². The fourth-order valence-electron chi connectivity index (χ4n) is 2.35. The van der Waals surface area contributed by atoms with E-state index in [2.05, 4.69) is 22.5 Å². The molecule has 1 aliphatic carbocycles. The maximum Gasteiger partial charge on any atom is 0.190 e. The number of ether oxygens (including phenoxy) is 1. The second-order valence-corrected chi connectivity index (χ2v) is 5.22. The van der Waals surface area contributed by atoms with Crippen LogP contribution < -0.4 is 10.6 Å². The molecule has 0 atom stereocenters. The van der Waals surface area contributed by atoms with Gasteiger partial charge in [0.25, 0.3) is 0 Å². The van der Waals surface area contributed by atoms with Crippen molar-refractivity contribution in [1.29, 1.82) is 0 Å². The van der Waals surface area contributed by atoms with Gasteiger partial charge in [-0.25, -0.2) is 0 Å². The highest BCUT2D eigenvalue weighted by Crippen LogP contribution is 2.36. The Morgan fingerprint density at radius 1 is 1.28 bits per heavy atom. The number of aliphatic imine (C=N–C) groups is 1. The van der Waals surface area contributed by atoms with Crippen LogP contribution in [-0.4, -0.2) is 39.8 Å². The highest BCUT2D eigenvalue weighted by molar-refractivity contribution is 14.0. The fourth-order valence-corrected chi connectivity index (χ4v) is 2.35. The Hall–Kier alpha value is -0.0400. The van der Waals surface area contributed by atoms with E-state index >= 15 is 0 Å². The molecule has 0 aromatic rings. The van der Waals surface area contributed by atoms with Crippen LogP contribution in [0, 0.1) is 5.41 Å². The van der Waals surface area contributed by atoms with Crippen LogP contribution in [0.15, 0.2) is 4.99 Å². The van der Waals surface area contributed by atoms with Gasteiger partial charge >= 0.3 is 0 Å². The Morgan fingerprint density at radius 3 is 2.50 bits per heavy atom. The SMILES string of the molecule is CN=C(NCCCOC)NCC1(C)CCCC1.I. The van der Waals surface area contributed by atoms with Gasteiger partial charge in [0.05, 0.1) is 0 Å². The van der Waals surface area contributed by atoms with Gasteiger partial charge in [0.15, 0.2) is 5.96 Å². The number of methoxy groups -OCH3 is 1. The lowest BCUT2D eigenvalue weighted by atomic mass is 9.89. The van der Waals surface area contributed by atoms with Crippen LogP contribution in [0.2, 0.25) is 0 Å². The number of halogens is 1. The van der Waals surface area contributed by atoms with E-state index in [-0.39, 0.29) is 24.0 Å². The second-order valence-electron chi connectivity index (χ2n) is 5.22. The molecule has 4 nitrogen and oxygen atoms in total. The topological polar surface area (TPSA) is 45.7 Å². The average molecular weight is 369 g/mol. The summed E-state index contributed by atoms with van der Waals surface area (Å²) in [4.78, 5) is 4.23. The average Bonchev–Trinajstić information content (AvgIpc) is 2.76. The van der Waals surface area contributed by atoms with Crippen LogP contribution >= 0.6 is 24.0 Å². The molecular formula is C13H28IN3O. The summed E-state index contributed by atoms with van der Waals surface area (Å²) in [6.45, 7) is 5.09. The highest BCUT2D eigenvalue weighted by Gasteiger charge is 2.28. The van der Waals surface area contributed by atoms with Crippen LogP contribution in [0.4, 0.5) is 0 Å². The first-order valence-electron chi connectivity index (χ1n) is 6.64. The summed E-state index contributed by atoms with van der Waals surface area (Å²) in [7, 11) is 3.55. The van der Waals surface area contributed by atoms with Crippen molar-refractivity contribution in [2.75, 3.05) is 33.9 Å². The Balaban J connectivity index is 0.00000289. The van der Waals surface area contributed by atoms with Gasteiger partial charge in [-0.05, 0) is 24.7 Å². The Labute approximate surface area is 128 Å². The molecule has 1 aliphatic rings. The van der Waals surface area contributed by atoms with Crippen LogP contribution in [0.5, 0.6) is 0 Å². The molecule has 2 N–H and O–H groups in total. The van der Waals surface area contributed by atoms with Gasteiger partial charge in [-0.2, -0.15) is 0 Å². The van der Waals surface area contributed by atoms with E-state index in [0.717, 1.165) is 32.1 Å². The van der Waals surface area contributed by atoms with E-state index in [1.165, 1.54) is 25.7 Å². The number of guanidine groups is 1. The summed E-state index contributed by atoms with van der Waals surface area (Å²) < 4.78 is 5.01. The third kappa shape index (κ3) is 6.78. The highest BCUT2D eigenvalue weighted by atomic mass is 127. The first-order valence-corrected chi connectivity index (χ1v) is 6.64. The predicted octanol–water partition coefficient (Wildman–Crippen LogP) is 2.39. The number of hydrogen-bond acceptors (Lipinski definition) is 2. The maximum atomic E-state index is 5.01. The Kier molecular flexibility index (Phi) is 9.81. The van der Waals surface area contributed by atoms with Crippen LogP contribution in [0.1, 0.15) is 39.0 Å². The minimum atomic E-state index is 0. The molecule has 108 valence electrons. The summed E-state index contributed by atoms with van der Waals surface area (Å²) in [6.07, 6.45) is 6.42. The molecule has 0 saturated heterocycles.